The van der Waals surface area contributed by atoms with E-state index >= 15 is 0 Å². The zero-order valence-corrected chi connectivity index (χ0v) is 19.9. The van der Waals surface area contributed by atoms with Gasteiger partial charge in [-0.3, -0.25) is 0 Å². The zero-order chi connectivity index (χ0) is 24.4. The molecule has 0 radical (unpaired) electrons. The second-order valence-electron chi connectivity index (χ2n) is 8.85. The van der Waals surface area contributed by atoms with Gasteiger partial charge in [-0.15, -0.1) is 0 Å². The fourth-order valence-corrected chi connectivity index (χ4v) is 4.74. The summed E-state index contributed by atoms with van der Waals surface area (Å²) in [6.07, 6.45) is 0.680. The molecule has 0 amide bonds. The van der Waals surface area contributed by atoms with Crippen LogP contribution in [0.4, 0.5) is 4.39 Å². The summed E-state index contributed by atoms with van der Waals surface area (Å²) in [5.41, 5.74) is 5.30. The third-order valence-corrected chi connectivity index (χ3v) is 6.85. The number of benzene rings is 3. The van der Waals surface area contributed by atoms with Crippen LogP contribution >= 0.6 is 0 Å². The molecule has 1 aliphatic rings. The van der Waals surface area contributed by atoms with E-state index in [1.165, 1.54) is 13.2 Å². The molecule has 34 heavy (non-hydrogen) atoms. The summed E-state index contributed by atoms with van der Waals surface area (Å²) in [5.74, 6) is -0.119. The SMILES string of the molecule is COc1cc([C@@H](C)NC[C@H]2CC(c3ccc(C(=O)O)c(C)c3C)c3ccccc3O2)ccc1F. The quantitative estimate of drug-likeness (QED) is 0.465. The Morgan fingerprint density at radius 1 is 1.15 bits per heavy atom. The topological polar surface area (TPSA) is 67.8 Å². The largest absolute Gasteiger partial charge is 0.494 e. The Morgan fingerprint density at radius 2 is 1.91 bits per heavy atom. The number of carbonyl (C=O) groups is 1. The van der Waals surface area contributed by atoms with Crippen LogP contribution in [0.25, 0.3) is 0 Å². The van der Waals surface area contributed by atoms with E-state index in [1.54, 1.807) is 18.2 Å². The number of aromatic carboxylic acids is 1. The lowest BCUT2D eigenvalue weighted by molar-refractivity contribution is 0.0696. The van der Waals surface area contributed by atoms with E-state index in [2.05, 4.69) is 11.4 Å². The van der Waals surface area contributed by atoms with Crippen molar-refractivity contribution in [2.24, 2.45) is 0 Å². The highest BCUT2D eigenvalue weighted by molar-refractivity contribution is 5.90. The Bertz CT molecular complexity index is 1210. The standard InChI is InChI=1S/C28H30FNO4/c1-16-17(2)22(28(31)32)11-10-21(16)24-14-20(34-26-8-6-5-7-23(24)26)15-30-18(3)19-9-12-25(29)27(13-19)33-4/h5-13,18,20,24,30H,14-15H2,1-4H3,(H,31,32)/t18-,20-,24?/m1/s1. The number of fused-ring (bicyclic) bond motifs is 1. The molecule has 0 aliphatic carbocycles. The molecule has 178 valence electrons. The van der Waals surface area contributed by atoms with Gasteiger partial charge in [0.05, 0.1) is 12.7 Å². The molecule has 1 heterocycles. The lowest BCUT2D eigenvalue weighted by Gasteiger charge is -2.34. The van der Waals surface area contributed by atoms with E-state index in [9.17, 15) is 14.3 Å². The number of methoxy groups -OCH3 is 1. The van der Waals surface area contributed by atoms with Crippen LogP contribution in [0.15, 0.2) is 54.6 Å². The molecule has 1 unspecified atom stereocenters. The minimum Gasteiger partial charge on any atom is -0.494 e. The smallest absolute Gasteiger partial charge is 0.335 e. The number of ether oxygens (including phenoxy) is 2. The zero-order valence-electron chi connectivity index (χ0n) is 19.9. The number of nitrogens with one attached hydrogen (secondary N) is 1. The predicted octanol–water partition coefficient (Wildman–Crippen LogP) is 5.78. The van der Waals surface area contributed by atoms with Gasteiger partial charge in [0.25, 0.3) is 0 Å². The molecular weight excluding hydrogens is 433 g/mol. The van der Waals surface area contributed by atoms with Crippen molar-refractivity contribution >= 4 is 5.97 Å². The molecule has 0 bridgehead atoms. The summed E-state index contributed by atoms with van der Waals surface area (Å²) in [4.78, 5) is 11.6. The normalized spacial score (nSPS) is 18.0. The number of carboxylic acids is 1. The molecule has 4 rings (SSSR count). The monoisotopic (exact) mass is 463 g/mol. The molecule has 6 heteroatoms. The van der Waals surface area contributed by atoms with Crippen molar-refractivity contribution < 1.29 is 23.8 Å². The van der Waals surface area contributed by atoms with Crippen LogP contribution in [0.3, 0.4) is 0 Å². The van der Waals surface area contributed by atoms with Gasteiger partial charge < -0.3 is 19.9 Å². The van der Waals surface area contributed by atoms with Gasteiger partial charge in [-0.05, 0) is 73.7 Å². The van der Waals surface area contributed by atoms with Crippen molar-refractivity contribution in [1.29, 1.82) is 0 Å². The van der Waals surface area contributed by atoms with Gasteiger partial charge in [-0.2, -0.15) is 0 Å². The molecule has 3 aromatic carbocycles. The van der Waals surface area contributed by atoms with Gasteiger partial charge in [0.1, 0.15) is 11.9 Å². The Balaban J connectivity index is 1.57. The first-order valence-corrected chi connectivity index (χ1v) is 11.5. The number of rotatable bonds is 7. The second-order valence-corrected chi connectivity index (χ2v) is 8.85. The molecule has 0 aromatic heterocycles. The van der Waals surface area contributed by atoms with Crippen LogP contribution in [0.2, 0.25) is 0 Å². The van der Waals surface area contributed by atoms with Crippen molar-refractivity contribution in [2.45, 2.75) is 45.3 Å². The van der Waals surface area contributed by atoms with Gasteiger partial charge in [-0.1, -0.05) is 30.3 Å². The number of halogens is 1. The summed E-state index contributed by atoms with van der Waals surface area (Å²) in [6.45, 7) is 6.49. The molecule has 0 spiro atoms. The number of hydrogen-bond donors (Lipinski definition) is 2. The average molecular weight is 464 g/mol. The first-order chi connectivity index (χ1) is 16.3. The van der Waals surface area contributed by atoms with Crippen molar-refractivity contribution in [3.8, 4) is 11.5 Å². The highest BCUT2D eigenvalue weighted by atomic mass is 19.1. The summed E-state index contributed by atoms with van der Waals surface area (Å²) in [7, 11) is 1.46. The number of carboxylic acid groups (broad SMARTS) is 1. The fourth-order valence-electron chi connectivity index (χ4n) is 4.74. The molecule has 3 atom stereocenters. The van der Waals surface area contributed by atoms with Crippen LogP contribution in [0, 0.1) is 19.7 Å². The predicted molar refractivity (Wildman–Crippen MR) is 130 cm³/mol. The van der Waals surface area contributed by atoms with E-state index in [0.717, 1.165) is 40.0 Å². The van der Waals surface area contributed by atoms with Gasteiger partial charge in [-0.25, -0.2) is 9.18 Å². The molecule has 0 saturated heterocycles. The van der Waals surface area contributed by atoms with Crippen LogP contribution < -0.4 is 14.8 Å². The molecular formula is C28H30FNO4. The molecule has 0 fully saturated rings. The van der Waals surface area contributed by atoms with Crippen molar-refractivity contribution in [2.75, 3.05) is 13.7 Å². The van der Waals surface area contributed by atoms with Gasteiger partial charge in [0, 0.05) is 24.1 Å². The van der Waals surface area contributed by atoms with Crippen molar-refractivity contribution in [3.63, 3.8) is 0 Å². The maximum Gasteiger partial charge on any atom is 0.335 e. The van der Waals surface area contributed by atoms with Crippen molar-refractivity contribution in [3.05, 3.63) is 93.8 Å². The van der Waals surface area contributed by atoms with Crippen LogP contribution in [0.5, 0.6) is 11.5 Å². The first-order valence-electron chi connectivity index (χ1n) is 11.5. The highest BCUT2D eigenvalue weighted by Gasteiger charge is 2.31. The second kappa shape index (κ2) is 9.85. The fraction of sp³-hybridized carbons (Fsp3) is 0.321. The Morgan fingerprint density at radius 3 is 2.65 bits per heavy atom. The first kappa shape index (κ1) is 23.8. The summed E-state index contributed by atoms with van der Waals surface area (Å²) in [6, 6.07) is 16.5. The van der Waals surface area contributed by atoms with Gasteiger partial charge >= 0.3 is 5.97 Å². The lowest BCUT2D eigenvalue weighted by atomic mass is 9.80. The van der Waals surface area contributed by atoms with E-state index in [1.807, 2.05) is 45.0 Å². The Hall–Kier alpha value is -3.38. The third kappa shape index (κ3) is 4.64. The van der Waals surface area contributed by atoms with E-state index in [-0.39, 0.29) is 29.6 Å². The molecule has 3 aromatic rings. The summed E-state index contributed by atoms with van der Waals surface area (Å²) >= 11 is 0. The van der Waals surface area contributed by atoms with E-state index in [0.29, 0.717) is 12.1 Å². The Labute approximate surface area is 199 Å². The summed E-state index contributed by atoms with van der Waals surface area (Å²) < 4.78 is 25.2. The van der Waals surface area contributed by atoms with E-state index in [4.69, 9.17) is 9.47 Å². The highest BCUT2D eigenvalue weighted by Crippen LogP contribution is 2.42. The molecule has 1 aliphatic heterocycles. The lowest BCUT2D eigenvalue weighted by Crippen LogP contribution is -2.37. The van der Waals surface area contributed by atoms with Crippen LogP contribution in [0.1, 0.15) is 63.5 Å². The Kier molecular flexibility index (Phi) is 6.89. The van der Waals surface area contributed by atoms with Gasteiger partial charge in [0.2, 0.25) is 0 Å². The molecule has 2 N–H and O–H groups in total. The van der Waals surface area contributed by atoms with Crippen LogP contribution in [-0.2, 0) is 0 Å². The maximum atomic E-state index is 13.8. The average Bonchev–Trinajstić information content (AvgIpc) is 2.83. The molecule has 5 nitrogen and oxygen atoms in total. The van der Waals surface area contributed by atoms with E-state index < -0.39 is 5.97 Å². The number of hydrogen-bond acceptors (Lipinski definition) is 4. The molecule has 0 saturated carbocycles. The number of para-hydroxylation sites is 1. The van der Waals surface area contributed by atoms with Crippen molar-refractivity contribution in [1.82, 2.24) is 5.32 Å². The summed E-state index contributed by atoms with van der Waals surface area (Å²) in [5, 5.41) is 13.0. The third-order valence-electron chi connectivity index (χ3n) is 6.85. The minimum atomic E-state index is -0.909. The minimum absolute atomic E-state index is 0.0208. The maximum absolute atomic E-state index is 13.8. The van der Waals surface area contributed by atoms with Gasteiger partial charge in [0.15, 0.2) is 11.6 Å². The van der Waals surface area contributed by atoms with Crippen LogP contribution in [-0.4, -0.2) is 30.8 Å².